The first-order chi connectivity index (χ1) is 9.15. The molecule has 2 N–H and O–H groups in total. The molecule has 0 spiro atoms. The van der Waals surface area contributed by atoms with E-state index in [9.17, 15) is 0 Å². The number of unbranched alkanes of at least 4 members (excludes halogenated alkanes) is 2. The summed E-state index contributed by atoms with van der Waals surface area (Å²) in [6.45, 7) is 6.10. The van der Waals surface area contributed by atoms with E-state index in [1.54, 1.807) is 17.7 Å². The Kier molecular flexibility index (Phi) is 4.71. The van der Waals surface area contributed by atoms with Crippen LogP contribution in [-0.4, -0.2) is 30.1 Å². The minimum absolute atomic E-state index is 0.782. The quantitative estimate of drug-likeness (QED) is 0.826. The number of fused-ring (bicyclic) bond motifs is 1. The molecule has 0 saturated carbocycles. The normalized spacial score (nSPS) is 11.2. The lowest BCUT2D eigenvalue weighted by molar-refractivity contribution is 0.677. The van der Waals surface area contributed by atoms with Gasteiger partial charge in [-0.3, -0.25) is 0 Å². The zero-order valence-corrected chi connectivity index (χ0v) is 12.8. The van der Waals surface area contributed by atoms with Crippen molar-refractivity contribution in [2.75, 3.05) is 25.0 Å². The van der Waals surface area contributed by atoms with Crippen molar-refractivity contribution in [3.05, 3.63) is 16.8 Å². The SMILES string of the molecule is Cc1sc2ncnc(N(C)CCCCCN)c2c1C. The topological polar surface area (TPSA) is 55.0 Å². The highest BCUT2D eigenvalue weighted by molar-refractivity contribution is 7.18. The lowest BCUT2D eigenvalue weighted by atomic mass is 10.2. The van der Waals surface area contributed by atoms with Gasteiger partial charge in [0.2, 0.25) is 0 Å². The Bertz CT molecular complexity index is 550. The number of hydrogen-bond acceptors (Lipinski definition) is 5. The maximum Gasteiger partial charge on any atom is 0.140 e. The van der Waals surface area contributed by atoms with Crippen LogP contribution >= 0.6 is 11.3 Å². The van der Waals surface area contributed by atoms with E-state index in [4.69, 9.17) is 5.73 Å². The highest BCUT2D eigenvalue weighted by Crippen LogP contribution is 2.33. The number of nitrogens with two attached hydrogens (primary N) is 1. The predicted molar refractivity (Wildman–Crippen MR) is 83.1 cm³/mol. The Morgan fingerprint density at radius 3 is 2.74 bits per heavy atom. The van der Waals surface area contributed by atoms with E-state index >= 15 is 0 Å². The van der Waals surface area contributed by atoms with E-state index in [-0.39, 0.29) is 0 Å². The van der Waals surface area contributed by atoms with Gasteiger partial charge < -0.3 is 10.6 Å². The molecule has 0 atom stereocenters. The van der Waals surface area contributed by atoms with Crippen LogP contribution in [0.3, 0.4) is 0 Å². The number of anilines is 1. The molecular formula is C14H22N4S. The van der Waals surface area contributed by atoms with Gasteiger partial charge in [0.1, 0.15) is 17.0 Å². The van der Waals surface area contributed by atoms with Crippen molar-refractivity contribution >= 4 is 27.4 Å². The van der Waals surface area contributed by atoms with Crippen LogP contribution in [0.15, 0.2) is 6.33 Å². The third kappa shape index (κ3) is 3.04. The Labute approximate surface area is 118 Å². The number of hydrogen-bond donors (Lipinski definition) is 1. The minimum Gasteiger partial charge on any atom is -0.359 e. The summed E-state index contributed by atoms with van der Waals surface area (Å²) in [5, 5.41) is 1.21. The fraction of sp³-hybridized carbons (Fsp3) is 0.571. The number of aromatic nitrogens is 2. The van der Waals surface area contributed by atoms with Crippen LogP contribution in [0, 0.1) is 13.8 Å². The Hall–Kier alpha value is -1.20. The van der Waals surface area contributed by atoms with Gasteiger partial charge in [-0.15, -0.1) is 11.3 Å². The summed E-state index contributed by atoms with van der Waals surface area (Å²) in [7, 11) is 2.11. The third-order valence-electron chi connectivity index (χ3n) is 3.50. The standard InChI is InChI=1S/C14H22N4S/c1-10-11(2)19-14-12(10)13(16-9-17-14)18(3)8-6-4-5-7-15/h9H,4-8,15H2,1-3H3. The van der Waals surface area contributed by atoms with Crippen LogP contribution in [0.25, 0.3) is 10.2 Å². The Morgan fingerprint density at radius 1 is 1.21 bits per heavy atom. The highest BCUT2D eigenvalue weighted by Gasteiger charge is 2.14. The first-order valence-corrected chi connectivity index (χ1v) is 7.58. The molecule has 5 heteroatoms. The fourth-order valence-electron chi connectivity index (χ4n) is 2.23. The molecule has 2 aromatic heterocycles. The molecule has 0 amide bonds. The maximum atomic E-state index is 5.52. The minimum atomic E-state index is 0.782. The molecule has 0 saturated heterocycles. The Balaban J connectivity index is 2.19. The molecule has 2 rings (SSSR count). The fourth-order valence-corrected chi connectivity index (χ4v) is 3.22. The van der Waals surface area contributed by atoms with Gasteiger partial charge in [-0.2, -0.15) is 0 Å². The summed E-state index contributed by atoms with van der Waals surface area (Å²) in [4.78, 5) is 13.5. The molecule has 0 aliphatic rings. The van der Waals surface area contributed by atoms with E-state index < -0.39 is 0 Å². The zero-order valence-electron chi connectivity index (χ0n) is 11.9. The summed E-state index contributed by atoms with van der Waals surface area (Å²) in [6.07, 6.45) is 5.10. The van der Waals surface area contributed by atoms with E-state index in [1.165, 1.54) is 22.2 Å². The molecule has 4 nitrogen and oxygen atoms in total. The molecule has 0 fully saturated rings. The van der Waals surface area contributed by atoms with Crippen molar-refractivity contribution in [1.82, 2.24) is 9.97 Å². The average molecular weight is 278 g/mol. The lowest BCUT2D eigenvalue weighted by Gasteiger charge is -2.19. The average Bonchev–Trinajstić information content (AvgIpc) is 2.70. The van der Waals surface area contributed by atoms with Crippen molar-refractivity contribution in [3.8, 4) is 0 Å². The molecule has 2 heterocycles. The van der Waals surface area contributed by atoms with Crippen molar-refractivity contribution in [1.29, 1.82) is 0 Å². The van der Waals surface area contributed by atoms with Gasteiger partial charge in [-0.05, 0) is 38.8 Å². The summed E-state index contributed by atoms with van der Waals surface area (Å²) < 4.78 is 0. The van der Waals surface area contributed by atoms with E-state index in [0.29, 0.717) is 0 Å². The van der Waals surface area contributed by atoms with Gasteiger partial charge in [0.25, 0.3) is 0 Å². The van der Waals surface area contributed by atoms with Crippen molar-refractivity contribution < 1.29 is 0 Å². The van der Waals surface area contributed by atoms with Crippen LogP contribution in [0.4, 0.5) is 5.82 Å². The van der Waals surface area contributed by atoms with Crippen molar-refractivity contribution in [2.24, 2.45) is 5.73 Å². The number of aryl methyl sites for hydroxylation is 2. The van der Waals surface area contributed by atoms with E-state index in [2.05, 4.69) is 35.8 Å². The van der Waals surface area contributed by atoms with Gasteiger partial charge in [-0.1, -0.05) is 6.42 Å². The summed E-state index contributed by atoms with van der Waals surface area (Å²) in [5.41, 5.74) is 6.83. The van der Waals surface area contributed by atoms with Crippen LogP contribution in [0.1, 0.15) is 29.7 Å². The molecule has 104 valence electrons. The summed E-state index contributed by atoms with van der Waals surface area (Å²) in [5.74, 6) is 1.06. The second-order valence-corrected chi connectivity index (χ2v) is 6.13. The van der Waals surface area contributed by atoms with Crippen LogP contribution < -0.4 is 10.6 Å². The van der Waals surface area contributed by atoms with E-state index in [0.717, 1.165) is 36.6 Å². The maximum absolute atomic E-state index is 5.52. The van der Waals surface area contributed by atoms with Gasteiger partial charge in [-0.25, -0.2) is 9.97 Å². The molecule has 0 radical (unpaired) electrons. The van der Waals surface area contributed by atoms with Crippen molar-refractivity contribution in [3.63, 3.8) is 0 Å². The molecule has 2 aromatic rings. The number of nitrogens with zero attached hydrogens (tertiary/aromatic N) is 3. The molecule has 19 heavy (non-hydrogen) atoms. The van der Waals surface area contributed by atoms with Crippen LogP contribution in [0.2, 0.25) is 0 Å². The largest absolute Gasteiger partial charge is 0.359 e. The lowest BCUT2D eigenvalue weighted by Crippen LogP contribution is -2.20. The number of rotatable bonds is 6. The predicted octanol–water partition coefficient (Wildman–Crippen LogP) is 2.87. The number of thiophene rings is 1. The molecule has 0 aliphatic heterocycles. The monoisotopic (exact) mass is 278 g/mol. The second-order valence-electron chi connectivity index (χ2n) is 4.93. The van der Waals surface area contributed by atoms with Gasteiger partial charge >= 0.3 is 0 Å². The van der Waals surface area contributed by atoms with Gasteiger partial charge in [0, 0.05) is 18.5 Å². The molecule has 0 unspecified atom stereocenters. The second kappa shape index (κ2) is 6.30. The molecule has 0 aliphatic carbocycles. The van der Waals surface area contributed by atoms with Crippen molar-refractivity contribution in [2.45, 2.75) is 33.1 Å². The van der Waals surface area contributed by atoms with Crippen LogP contribution in [0.5, 0.6) is 0 Å². The van der Waals surface area contributed by atoms with Gasteiger partial charge in [0.15, 0.2) is 0 Å². The van der Waals surface area contributed by atoms with Crippen LogP contribution in [-0.2, 0) is 0 Å². The summed E-state index contributed by atoms with van der Waals surface area (Å²) >= 11 is 1.75. The third-order valence-corrected chi connectivity index (χ3v) is 4.62. The first kappa shape index (κ1) is 14.2. The highest BCUT2D eigenvalue weighted by atomic mass is 32.1. The zero-order chi connectivity index (χ0) is 13.8. The first-order valence-electron chi connectivity index (χ1n) is 6.77. The smallest absolute Gasteiger partial charge is 0.140 e. The molecular weight excluding hydrogens is 256 g/mol. The summed E-state index contributed by atoms with van der Waals surface area (Å²) in [6, 6.07) is 0. The Morgan fingerprint density at radius 2 is 2.00 bits per heavy atom. The van der Waals surface area contributed by atoms with Gasteiger partial charge in [0.05, 0.1) is 5.39 Å². The van der Waals surface area contributed by atoms with E-state index in [1.807, 2.05) is 0 Å². The molecule has 0 bridgehead atoms. The molecule has 0 aromatic carbocycles.